The molecule has 0 spiro atoms. The smallest absolute Gasteiger partial charge is 0.341 e. The van der Waals surface area contributed by atoms with Gasteiger partial charge in [-0.3, -0.25) is 9.59 Å². The molecule has 1 aliphatic rings. The van der Waals surface area contributed by atoms with Crippen LogP contribution in [0.3, 0.4) is 0 Å². The van der Waals surface area contributed by atoms with Gasteiger partial charge in [0.25, 0.3) is 5.56 Å². The number of para-hydroxylation sites is 2. The average molecular weight is 385 g/mol. The molecule has 0 fully saturated rings. The van der Waals surface area contributed by atoms with Crippen molar-refractivity contribution in [3.63, 3.8) is 0 Å². The van der Waals surface area contributed by atoms with Crippen molar-refractivity contribution in [2.45, 2.75) is 25.7 Å². The second-order valence-corrected chi connectivity index (χ2v) is 7.27. The molecular formula is C23H19N3O3. The maximum atomic E-state index is 13.5. The number of H-pyrrole nitrogens is 1. The Bertz CT molecular complexity index is 1400. The van der Waals surface area contributed by atoms with E-state index in [9.17, 15) is 14.4 Å². The number of aromatic nitrogens is 3. The van der Waals surface area contributed by atoms with Crippen LogP contribution in [-0.4, -0.2) is 14.1 Å². The van der Waals surface area contributed by atoms with Crippen molar-refractivity contribution in [2.75, 3.05) is 0 Å². The van der Waals surface area contributed by atoms with E-state index < -0.39 is 11.2 Å². The lowest BCUT2D eigenvalue weighted by molar-refractivity contribution is 0.664. The van der Waals surface area contributed by atoms with Gasteiger partial charge in [-0.2, -0.15) is 0 Å². The number of hydrogen-bond donors (Lipinski definition) is 1. The van der Waals surface area contributed by atoms with Gasteiger partial charge in [0.1, 0.15) is 11.0 Å². The van der Waals surface area contributed by atoms with Crippen molar-refractivity contribution < 1.29 is 0 Å². The zero-order valence-corrected chi connectivity index (χ0v) is 15.7. The number of benzene rings is 2. The van der Waals surface area contributed by atoms with Gasteiger partial charge in [0, 0.05) is 11.3 Å². The molecule has 0 saturated carbocycles. The summed E-state index contributed by atoms with van der Waals surface area (Å²) < 4.78 is 2.51. The van der Waals surface area contributed by atoms with Crippen LogP contribution in [0.5, 0.6) is 0 Å². The zero-order valence-electron chi connectivity index (χ0n) is 15.7. The van der Waals surface area contributed by atoms with Crippen LogP contribution in [-0.2, 0) is 12.8 Å². The zero-order chi connectivity index (χ0) is 20.0. The molecule has 0 atom stereocenters. The molecule has 0 radical (unpaired) electrons. The van der Waals surface area contributed by atoms with E-state index in [1.807, 2.05) is 24.3 Å². The minimum Gasteiger partial charge on any atom is -0.344 e. The molecule has 0 unspecified atom stereocenters. The Morgan fingerprint density at radius 1 is 0.724 bits per heavy atom. The number of nitrogens with one attached hydrogen (secondary N) is 1. The van der Waals surface area contributed by atoms with Crippen LogP contribution in [0.2, 0.25) is 0 Å². The van der Waals surface area contributed by atoms with Crippen molar-refractivity contribution in [2.24, 2.45) is 0 Å². The second kappa shape index (κ2) is 6.74. The van der Waals surface area contributed by atoms with Gasteiger partial charge in [-0.1, -0.05) is 36.4 Å². The highest BCUT2D eigenvalue weighted by molar-refractivity contribution is 5.77. The first-order valence-corrected chi connectivity index (χ1v) is 9.73. The van der Waals surface area contributed by atoms with Gasteiger partial charge in [0.2, 0.25) is 0 Å². The Morgan fingerprint density at radius 2 is 1.31 bits per heavy atom. The van der Waals surface area contributed by atoms with Crippen molar-refractivity contribution in [3.05, 3.63) is 103 Å². The predicted molar refractivity (Wildman–Crippen MR) is 112 cm³/mol. The van der Waals surface area contributed by atoms with Crippen LogP contribution < -0.4 is 16.7 Å². The Morgan fingerprint density at radius 3 is 1.97 bits per heavy atom. The summed E-state index contributed by atoms with van der Waals surface area (Å²) in [5.41, 5.74) is 1.43. The van der Waals surface area contributed by atoms with Crippen molar-refractivity contribution in [1.29, 1.82) is 0 Å². The maximum absolute atomic E-state index is 13.5. The van der Waals surface area contributed by atoms with E-state index in [0.717, 1.165) is 29.5 Å². The Balaban J connectivity index is 2.01. The fourth-order valence-corrected chi connectivity index (χ4v) is 4.14. The molecule has 4 aromatic rings. The molecule has 144 valence electrons. The van der Waals surface area contributed by atoms with E-state index in [-0.39, 0.29) is 16.5 Å². The molecule has 0 saturated heterocycles. The Labute approximate surface area is 165 Å². The molecule has 1 N–H and O–H groups in total. The molecular weight excluding hydrogens is 366 g/mol. The van der Waals surface area contributed by atoms with Crippen LogP contribution >= 0.6 is 0 Å². The quantitative estimate of drug-likeness (QED) is 0.576. The molecule has 1 aliphatic carbocycles. The number of nitrogens with zero attached hydrogens (tertiary/aromatic N) is 2. The minimum absolute atomic E-state index is 0.0259. The highest BCUT2D eigenvalue weighted by atomic mass is 16.2. The lowest BCUT2D eigenvalue weighted by atomic mass is 9.95. The lowest BCUT2D eigenvalue weighted by Gasteiger charge is -2.19. The first-order chi connectivity index (χ1) is 14.2. The van der Waals surface area contributed by atoms with Gasteiger partial charge in [0.05, 0.1) is 11.4 Å². The number of pyridine rings is 1. The van der Waals surface area contributed by atoms with Crippen LogP contribution in [0.25, 0.3) is 22.4 Å². The van der Waals surface area contributed by atoms with E-state index in [0.29, 0.717) is 23.4 Å². The van der Waals surface area contributed by atoms with Crippen molar-refractivity contribution >= 4 is 11.0 Å². The topological polar surface area (TPSA) is 76.9 Å². The molecule has 6 nitrogen and oxygen atoms in total. The van der Waals surface area contributed by atoms with Gasteiger partial charge in [-0.25, -0.2) is 13.9 Å². The number of fused-ring (bicyclic) bond motifs is 2. The summed E-state index contributed by atoms with van der Waals surface area (Å²) >= 11 is 0. The minimum atomic E-state index is -0.585. The van der Waals surface area contributed by atoms with Gasteiger partial charge >= 0.3 is 5.69 Å². The van der Waals surface area contributed by atoms with Gasteiger partial charge < -0.3 is 4.98 Å². The number of hydrogen-bond acceptors (Lipinski definition) is 3. The van der Waals surface area contributed by atoms with E-state index in [1.165, 1.54) is 4.57 Å². The highest BCUT2D eigenvalue weighted by Gasteiger charge is 2.23. The molecule has 5 rings (SSSR count). The largest absolute Gasteiger partial charge is 0.344 e. The van der Waals surface area contributed by atoms with Crippen LogP contribution in [0.15, 0.2) is 75.0 Å². The molecule has 2 aromatic heterocycles. The standard InChI is InChI=1S/C23H19N3O3/c27-20-17-13-7-8-14-18(17)24-21-19(20)22(28)26(16-11-5-2-6-12-16)23(29)25(21)15-9-3-1-4-10-15/h1-6,9-12H,7-8,13-14H2,(H,24,27). The molecule has 0 amide bonds. The Kier molecular flexibility index (Phi) is 4.05. The first kappa shape index (κ1) is 17.4. The summed E-state index contributed by atoms with van der Waals surface area (Å²) in [5, 5.41) is 0.0259. The van der Waals surface area contributed by atoms with E-state index in [1.54, 1.807) is 36.4 Å². The molecule has 0 aliphatic heterocycles. The van der Waals surface area contributed by atoms with Crippen LogP contribution in [0.1, 0.15) is 24.1 Å². The summed E-state index contributed by atoms with van der Waals surface area (Å²) in [4.78, 5) is 43.4. The summed E-state index contributed by atoms with van der Waals surface area (Å²) in [6.07, 6.45) is 3.29. The van der Waals surface area contributed by atoms with E-state index in [4.69, 9.17) is 0 Å². The third-order valence-corrected chi connectivity index (χ3v) is 5.53. The van der Waals surface area contributed by atoms with E-state index in [2.05, 4.69) is 4.98 Å². The fourth-order valence-electron chi connectivity index (χ4n) is 4.14. The first-order valence-electron chi connectivity index (χ1n) is 9.73. The summed E-state index contributed by atoms with van der Waals surface area (Å²) in [5.74, 6) is 0. The summed E-state index contributed by atoms with van der Waals surface area (Å²) in [7, 11) is 0. The average Bonchev–Trinajstić information content (AvgIpc) is 2.75. The predicted octanol–water partition coefficient (Wildman–Crippen LogP) is 2.71. The van der Waals surface area contributed by atoms with Crippen molar-refractivity contribution in [3.8, 4) is 11.4 Å². The van der Waals surface area contributed by atoms with Crippen molar-refractivity contribution in [1.82, 2.24) is 14.1 Å². The normalized spacial score (nSPS) is 13.4. The van der Waals surface area contributed by atoms with Gasteiger partial charge in [-0.15, -0.1) is 0 Å². The number of aryl methyl sites for hydroxylation is 1. The highest BCUT2D eigenvalue weighted by Crippen LogP contribution is 2.20. The SMILES string of the molecule is O=c1c2c([nH]c3c1c(=O)n(-c1ccccc1)c(=O)n3-c1ccccc1)CCCC2. The third-order valence-electron chi connectivity index (χ3n) is 5.53. The maximum Gasteiger partial charge on any atom is 0.341 e. The Hall–Kier alpha value is -3.67. The molecule has 2 heterocycles. The molecule has 6 heteroatoms. The number of aromatic amines is 1. The summed E-state index contributed by atoms with van der Waals surface area (Å²) in [6.45, 7) is 0. The molecule has 2 aromatic carbocycles. The fraction of sp³-hybridized carbons (Fsp3) is 0.174. The lowest BCUT2D eigenvalue weighted by Crippen LogP contribution is -2.41. The van der Waals surface area contributed by atoms with Crippen LogP contribution in [0.4, 0.5) is 0 Å². The molecule has 29 heavy (non-hydrogen) atoms. The molecule has 0 bridgehead atoms. The van der Waals surface area contributed by atoms with Gasteiger partial charge in [-0.05, 0) is 49.9 Å². The van der Waals surface area contributed by atoms with Gasteiger partial charge in [0.15, 0.2) is 5.43 Å². The van der Waals surface area contributed by atoms with E-state index >= 15 is 0 Å². The summed E-state index contributed by atoms with van der Waals surface area (Å²) in [6, 6.07) is 17.8. The van der Waals surface area contributed by atoms with Crippen LogP contribution in [0, 0.1) is 0 Å². The third kappa shape index (κ3) is 2.68. The number of rotatable bonds is 2. The monoisotopic (exact) mass is 385 g/mol. The second-order valence-electron chi connectivity index (χ2n) is 7.27.